The number of methoxy groups -OCH3 is 1. The van der Waals surface area contributed by atoms with Gasteiger partial charge >= 0.3 is 0 Å². The normalized spacial score (nSPS) is 16.8. The summed E-state index contributed by atoms with van der Waals surface area (Å²) in [7, 11) is 2.71. The Balaban J connectivity index is 1.73. The van der Waals surface area contributed by atoms with Crippen LogP contribution in [-0.4, -0.2) is 42.5 Å². The molecule has 0 spiro atoms. The number of hydrogen-bond acceptors (Lipinski definition) is 5. The zero-order valence-corrected chi connectivity index (χ0v) is 22.0. The van der Waals surface area contributed by atoms with E-state index in [1.165, 1.54) is 62.2 Å². The van der Waals surface area contributed by atoms with Gasteiger partial charge in [-0.05, 0) is 30.3 Å². The van der Waals surface area contributed by atoms with E-state index in [-0.39, 0.29) is 41.3 Å². The minimum absolute atomic E-state index is 0.0422. The molecule has 1 aromatic heterocycles. The molecule has 1 aliphatic rings. The number of hydrogen-bond donors (Lipinski definition) is 2. The van der Waals surface area contributed by atoms with Crippen molar-refractivity contribution in [1.29, 1.82) is 0 Å². The molecule has 204 valence electrons. The summed E-state index contributed by atoms with van der Waals surface area (Å²) in [5, 5.41) is 5.64. The van der Waals surface area contributed by atoms with Crippen LogP contribution in [0.2, 0.25) is 5.02 Å². The molecule has 0 aliphatic carbocycles. The summed E-state index contributed by atoms with van der Waals surface area (Å²) < 4.78 is 36.5. The number of aromatic nitrogens is 1. The van der Waals surface area contributed by atoms with Crippen LogP contribution >= 0.6 is 11.6 Å². The lowest BCUT2D eigenvalue weighted by Crippen LogP contribution is -2.37. The van der Waals surface area contributed by atoms with Crippen LogP contribution in [0, 0.1) is 17.6 Å². The number of anilines is 2. The Morgan fingerprint density at radius 1 is 1.10 bits per heavy atom. The van der Waals surface area contributed by atoms with E-state index in [2.05, 4.69) is 10.6 Å². The lowest BCUT2D eigenvalue weighted by atomic mass is 9.87. The molecule has 2 aromatic carbocycles. The minimum Gasteiger partial charge on any atom is -0.497 e. The maximum absolute atomic E-state index is 15.2. The first-order chi connectivity index (χ1) is 18.5. The van der Waals surface area contributed by atoms with Gasteiger partial charge in [-0.2, -0.15) is 0 Å². The highest BCUT2D eigenvalue weighted by Crippen LogP contribution is 2.39. The summed E-state index contributed by atoms with van der Waals surface area (Å²) >= 11 is 5.88. The fraction of sp³-hybridized carbons (Fsp3) is 0.259. The van der Waals surface area contributed by atoms with Gasteiger partial charge < -0.3 is 24.8 Å². The van der Waals surface area contributed by atoms with Crippen LogP contribution in [0.1, 0.15) is 28.8 Å². The van der Waals surface area contributed by atoms with Crippen molar-refractivity contribution in [2.75, 3.05) is 30.4 Å². The number of halogens is 3. The van der Waals surface area contributed by atoms with Crippen LogP contribution in [0.5, 0.6) is 5.75 Å². The number of ether oxygens (including phenoxy) is 1. The molecule has 0 radical (unpaired) electrons. The average molecular weight is 559 g/mol. The van der Waals surface area contributed by atoms with Crippen molar-refractivity contribution in [1.82, 2.24) is 9.88 Å². The van der Waals surface area contributed by atoms with E-state index >= 15 is 8.78 Å². The summed E-state index contributed by atoms with van der Waals surface area (Å²) in [4.78, 5) is 52.1. The van der Waals surface area contributed by atoms with E-state index in [0.717, 1.165) is 17.0 Å². The van der Waals surface area contributed by atoms with E-state index in [1.807, 2.05) is 0 Å². The summed E-state index contributed by atoms with van der Waals surface area (Å²) in [6, 6.07) is 9.39. The third-order valence-corrected chi connectivity index (χ3v) is 6.72. The quantitative estimate of drug-likeness (QED) is 0.461. The number of aryl methyl sites for hydroxylation is 1. The van der Waals surface area contributed by atoms with Gasteiger partial charge in [0.15, 0.2) is 0 Å². The van der Waals surface area contributed by atoms with Gasteiger partial charge in [0.25, 0.3) is 11.5 Å². The van der Waals surface area contributed by atoms with Gasteiger partial charge in [-0.25, -0.2) is 8.78 Å². The molecular weight excluding hydrogens is 534 g/mol. The number of nitrogens with zero attached hydrogens (tertiary/aromatic N) is 2. The summed E-state index contributed by atoms with van der Waals surface area (Å²) in [6.45, 7) is 0.772. The van der Waals surface area contributed by atoms with Crippen molar-refractivity contribution in [3.05, 3.63) is 86.8 Å². The van der Waals surface area contributed by atoms with E-state index < -0.39 is 46.8 Å². The highest BCUT2D eigenvalue weighted by Gasteiger charge is 2.45. The Labute approximate surface area is 227 Å². The van der Waals surface area contributed by atoms with E-state index in [4.69, 9.17) is 16.3 Å². The molecule has 3 amide bonds. The molecule has 0 bridgehead atoms. The lowest BCUT2D eigenvalue weighted by Gasteiger charge is -2.19. The van der Waals surface area contributed by atoms with Crippen molar-refractivity contribution in [3.63, 3.8) is 0 Å². The van der Waals surface area contributed by atoms with Crippen molar-refractivity contribution in [3.8, 4) is 5.75 Å². The molecule has 1 fully saturated rings. The third-order valence-electron chi connectivity index (χ3n) is 6.47. The summed E-state index contributed by atoms with van der Waals surface area (Å²) in [5.41, 5.74) is -0.480. The Bertz CT molecular complexity index is 1490. The number of carbonyl (C=O) groups excluding carboxylic acids is 3. The molecule has 2 atom stereocenters. The number of rotatable bonds is 7. The van der Waals surface area contributed by atoms with Crippen LogP contribution in [0.15, 0.2) is 53.5 Å². The highest BCUT2D eigenvalue weighted by atomic mass is 35.5. The predicted molar refractivity (Wildman–Crippen MR) is 141 cm³/mol. The number of nitrogens with one attached hydrogen (secondary N) is 2. The average Bonchev–Trinajstić information content (AvgIpc) is 3.19. The van der Waals surface area contributed by atoms with Crippen molar-refractivity contribution in [2.45, 2.75) is 12.8 Å². The van der Waals surface area contributed by atoms with Gasteiger partial charge in [-0.3, -0.25) is 19.2 Å². The molecule has 9 nitrogen and oxygen atoms in total. The Morgan fingerprint density at radius 2 is 1.74 bits per heavy atom. The number of carbonyl (C=O) groups is 3. The number of amides is 3. The third kappa shape index (κ3) is 5.78. The van der Waals surface area contributed by atoms with Gasteiger partial charge in [0.2, 0.25) is 11.8 Å². The molecule has 39 heavy (non-hydrogen) atoms. The second-order valence-electron chi connectivity index (χ2n) is 9.09. The summed E-state index contributed by atoms with van der Waals surface area (Å²) in [5.74, 6) is -5.62. The van der Waals surface area contributed by atoms with Gasteiger partial charge in [-0.1, -0.05) is 11.6 Å². The molecule has 2 N–H and O–H groups in total. The molecule has 4 rings (SSSR count). The SMILES string of the molecule is COc1cc(F)c([C@@H]2CN(c3cc(NC(C)=O)cn(C)c3=O)C(=O)C2CNC(=O)c2ccc(Cl)cc2)c(F)c1. The summed E-state index contributed by atoms with van der Waals surface area (Å²) in [6.07, 6.45) is 1.39. The van der Waals surface area contributed by atoms with E-state index in [9.17, 15) is 19.2 Å². The molecule has 1 unspecified atom stereocenters. The van der Waals surface area contributed by atoms with Crippen molar-refractivity contribution < 1.29 is 27.9 Å². The number of benzene rings is 2. The van der Waals surface area contributed by atoms with Gasteiger partial charge in [-0.15, -0.1) is 0 Å². The zero-order chi connectivity index (χ0) is 28.4. The smallest absolute Gasteiger partial charge is 0.274 e. The lowest BCUT2D eigenvalue weighted by molar-refractivity contribution is -0.120. The van der Waals surface area contributed by atoms with E-state index in [0.29, 0.717) is 5.02 Å². The van der Waals surface area contributed by atoms with Crippen molar-refractivity contribution in [2.24, 2.45) is 13.0 Å². The van der Waals surface area contributed by atoms with Crippen LogP contribution in [0.25, 0.3) is 0 Å². The van der Waals surface area contributed by atoms with Crippen LogP contribution in [0.4, 0.5) is 20.2 Å². The molecule has 1 aliphatic heterocycles. The highest BCUT2D eigenvalue weighted by molar-refractivity contribution is 6.30. The number of pyridine rings is 1. The zero-order valence-electron chi connectivity index (χ0n) is 21.3. The Hall–Kier alpha value is -4.25. The fourth-order valence-electron chi connectivity index (χ4n) is 4.62. The maximum Gasteiger partial charge on any atom is 0.274 e. The fourth-order valence-corrected chi connectivity index (χ4v) is 4.75. The standard InChI is InChI=1S/C27H25ClF2N4O5/c1-14(35)32-17-8-23(27(38)33(2)12-17)34-13-20(24-21(29)9-18(39-3)10-22(24)30)19(26(34)37)11-31-25(36)15-4-6-16(28)7-5-15/h4-10,12,19-20H,11,13H2,1-3H3,(H,31,36)(H,32,35)/t19?,20-/m1/s1. The topological polar surface area (TPSA) is 110 Å². The first-order valence-electron chi connectivity index (χ1n) is 11.9. The molecule has 12 heteroatoms. The predicted octanol–water partition coefficient (Wildman–Crippen LogP) is 3.46. The van der Waals surface area contributed by atoms with Crippen molar-refractivity contribution >= 4 is 40.7 Å². The minimum atomic E-state index is -1.12. The van der Waals surface area contributed by atoms with Gasteiger partial charge in [0.05, 0.1) is 18.7 Å². The molecule has 0 saturated carbocycles. The van der Waals surface area contributed by atoms with Gasteiger partial charge in [0.1, 0.15) is 23.1 Å². The van der Waals surface area contributed by atoms with Crippen LogP contribution in [-0.2, 0) is 16.6 Å². The van der Waals surface area contributed by atoms with E-state index in [1.54, 1.807) is 0 Å². The molecule has 1 saturated heterocycles. The Morgan fingerprint density at radius 3 is 2.33 bits per heavy atom. The maximum atomic E-state index is 15.2. The second-order valence-corrected chi connectivity index (χ2v) is 9.53. The first-order valence-corrected chi connectivity index (χ1v) is 12.2. The largest absolute Gasteiger partial charge is 0.497 e. The monoisotopic (exact) mass is 558 g/mol. The van der Waals surface area contributed by atoms with Crippen LogP contribution in [0.3, 0.4) is 0 Å². The molecule has 2 heterocycles. The second kappa shape index (κ2) is 11.2. The van der Waals surface area contributed by atoms with Crippen LogP contribution < -0.4 is 25.8 Å². The van der Waals surface area contributed by atoms with Gasteiger partial charge in [0, 0.05) is 67.5 Å². The molecular formula is C27H25ClF2N4O5. The Kier molecular flexibility index (Phi) is 8.01. The first kappa shape index (κ1) is 27.8. The molecule has 3 aromatic rings.